The summed E-state index contributed by atoms with van der Waals surface area (Å²) in [6.07, 6.45) is -0.605. The molecule has 2 rings (SSSR count). The molecule has 0 unspecified atom stereocenters. The normalized spacial score (nSPS) is 22.6. The molecule has 18 heavy (non-hydrogen) atoms. The maximum atomic E-state index is 12.6. The van der Waals surface area contributed by atoms with Crippen molar-refractivity contribution in [1.82, 2.24) is 10.2 Å². The summed E-state index contributed by atoms with van der Waals surface area (Å²) in [5.41, 5.74) is 0. The number of hydrogen-bond donors (Lipinski definition) is 1. The van der Waals surface area contributed by atoms with Crippen LogP contribution in [0, 0.1) is 5.92 Å². The van der Waals surface area contributed by atoms with Crippen LogP contribution in [0.15, 0.2) is 0 Å². The van der Waals surface area contributed by atoms with Crippen LogP contribution in [0.25, 0.3) is 0 Å². The van der Waals surface area contributed by atoms with Crippen LogP contribution in [0.4, 0.5) is 13.2 Å². The molecule has 1 saturated heterocycles. The van der Waals surface area contributed by atoms with Crippen LogP contribution >= 0.6 is 0 Å². The number of carbonyl (C=O) groups excluding carboxylic acids is 1. The van der Waals surface area contributed by atoms with E-state index in [0.29, 0.717) is 25.9 Å². The molecule has 0 atom stereocenters. The molecular weight excluding hydrogens is 245 g/mol. The molecule has 1 N–H and O–H groups in total. The van der Waals surface area contributed by atoms with Gasteiger partial charge in [-0.25, -0.2) is 0 Å². The third-order valence-corrected chi connectivity index (χ3v) is 3.84. The first-order chi connectivity index (χ1) is 8.47. The number of carbonyl (C=O) groups is 1. The van der Waals surface area contributed by atoms with Gasteiger partial charge in [-0.05, 0) is 38.8 Å². The Morgan fingerprint density at radius 1 is 1.17 bits per heavy atom. The number of nitrogens with one attached hydrogen (secondary N) is 1. The van der Waals surface area contributed by atoms with Gasteiger partial charge in [0.05, 0.1) is 0 Å². The van der Waals surface area contributed by atoms with Gasteiger partial charge in [0.15, 0.2) is 0 Å². The minimum atomic E-state index is -4.30. The summed E-state index contributed by atoms with van der Waals surface area (Å²) < 4.78 is 37.8. The molecule has 104 valence electrons. The number of amides is 1. The van der Waals surface area contributed by atoms with E-state index in [1.54, 1.807) is 0 Å². The third kappa shape index (κ3) is 3.37. The summed E-state index contributed by atoms with van der Waals surface area (Å²) >= 11 is 0. The molecule has 1 aliphatic carbocycles. The maximum absolute atomic E-state index is 12.6. The third-order valence-electron chi connectivity index (χ3n) is 3.84. The van der Waals surface area contributed by atoms with E-state index in [2.05, 4.69) is 5.32 Å². The summed E-state index contributed by atoms with van der Waals surface area (Å²) in [6, 6.07) is -0.249. The van der Waals surface area contributed by atoms with Crippen LogP contribution < -0.4 is 5.32 Å². The number of hydrogen-bond acceptors (Lipinski definition) is 2. The lowest BCUT2D eigenvalue weighted by Gasteiger charge is -2.39. The summed E-state index contributed by atoms with van der Waals surface area (Å²) in [4.78, 5) is 13.2. The lowest BCUT2D eigenvalue weighted by Crippen LogP contribution is -2.52. The first-order valence-electron chi connectivity index (χ1n) is 6.55. The van der Waals surface area contributed by atoms with Crippen LogP contribution in [-0.4, -0.2) is 42.7 Å². The van der Waals surface area contributed by atoms with Crippen molar-refractivity contribution in [1.29, 1.82) is 0 Å². The summed E-state index contributed by atoms with van der Waals surface area (Å²) in [5.74, 6) is -0.451. The molecule has 3 nitrogen and oxygen atoms in total. The Hall–Kier alpha value is -0.780. The minimum Gasteiger partial charge on any atom is -0.330 e. The Morgan fingerprint density at radius 2 is 1.78 bits per heavy atom. The van der Waals surface area contributed by atoms with Crippen molar-refractivity contribution >= 4 is 5.91 Å². The van der Waals surface area contributed by atoms with Gasteiger partial charge in [-0.2, -0.15) is 13.2 Å². The smallest absolute Gasteiger partial charge is 0.330 e. The molecule has 1 saturated carbocycles. The highest BCUT2D eigenvalue weighted by Crippen LogP contribution is 2.31. The van der Waals surface area contributed by atoms with Crippen molar-refractivity contribution in [3.05, 3.63) is 0 Å². The minimum absolute atomic E-state index is 0.165. The molecule has 1 amide bonds. The molecule has 2 fully saturated rings. The molecule has 1 aliphatic heterocycles. The Bertz CT molecular complexity index is 296. The van der Waals surface area contributed by atoms with Crippen LogP contribution in [0.3, 0.4) is 0 Å². The van der Waals surface area contributed by atoms with Crippen LogP contribution in [0.1, 0.15) is 32.1 Å². The lowest BCUT2D eigenvalue weighted by atomic mass is 9.83. The van der Waals surface area contributed by atoms with Gasteiger partial charge in [-0.3, -0.25) is 4.79 Å². The highest BCUT2D eigenvalue weighted by molar-refractivity contribution is 5.80. The summed E-state index contributed by atoms with van der Waals surface area (Å²) in [6.45, 7) is 0.293. The second-order valence-electron chi connectivity index (χ2n) is 5.19. The van der Waals surface area contributed by atoms with Gasteiger partial charge in [0.25, 0.3) is 0 Å². The van der Waals surface area contributed by atoms with Crippen LogP contribution in [0.5, 0.6) is 0 Å². The Kier molecular flexibility index (Phi) is 4.14. The first kappa shape index (κ1) is 13.6. The van der Waals surface area contributed by atoms with Crippen LogP contribution in [-0.2, 0) is 4.79 Å². The van der Waals surface area contributed by atoms with Gasteiger partial charge in [-0.1, -0.05) is 6.42 Å². The molecule has 0 aromatic carbocycles. The Morgan fingerprint density at radius 3 is 2.22 bits per heavy atom. The fourth-order valence-corrected chi connectivity index (χ4v) is 2.59. The van der Waals surface area contributed by atoms with E-state index in [0.717, 1.165) is 24.2 Å². The highest BCUT2D eigenvalue weighted by atomic mass is 19.4. The van der Waals surface area contributed by atoms with E-state index < -0.39 is 12.7 Å². The van der Waals surface area contributed by atoms with Crippen molar-refractivity contribution in [3.8, 4) is 0 Å². The van der Waals surface area contributed by atoms with Crippen molar-refractivity contribution in [2.75, 3.05) is 19.6 Å². The Balaban J connectivity index is 2.03. The average Bonchev–Trinajstić information content (AvgIpc) is 2.23. The van der Waals surface area contributed by atoms with Gasteiger partial charge in [0, 0.05) is 12.0 Å². The molecule has 0 radical (unpaired) electrons. The Labute approximate surface area is 105 Å². The zero-order chi connectivity index (χ0) is 13.2. The van der Waals surface area contributed by atoms with Gasteiger partial charge in [0.1, 0.15) is 6.54 Å². The van der Waals surface area contributed by atoms with E-state index >= 15 is 0 Å². The number of halogens is 3. The standard InChI is InChI=1S/C12H19F3N2O/c13-12(14,15)8-17(10-4-6-16-7-5-10)11(18)9-2-1-3-9/h9-10,16H,1-8H2. The molecule has 1 heterocycles. The highest BCUT2D eigenvalue weighted by Gasteiger charge is 2.40. The van der Waals surface area contributed by atoms with Gasteiger partial charge < -0.3 is 10.2 Å². The van der Waals surface area contributed by atoms with Crippen molar-refractivity contribution < 1.29 is 18.0 Å². The maximum Gasteiger partial charge on any atom is 0.406 e. The van der Waals surface area contributed by atoms with Crippen LogP contribution in [0.2, 0.25) is 0 Å². The fraction of sp³-hybridized carbons (Fsp3) is 0.917. The predicted molar refractivity (Wildman–Crippen MR) is 61.0 cm³/mol. The number of alkyl halides is 3. The summed E-state index contributed by atoms with van der Waals surface area (Å²) in [5, 5.41) is 3.11. The second-order valence-corrected chi connectivity index (χ2v) is 5.19. The number of rotatable bonds is 3. The van der Waals surface area contributed by atoms with Gasteiger partial charge in [0.2, 0.25) is 5.91 Å². The van der Waals surface area contributed by atoms with Crippen molar-refractivity contribution in [2.45, 2.75) is 44.3 Å². The largest absolute Gasteiger partial charge is 0.406 e. The molecule has 0 bridgehead atoms. The van der Waals surface area contributed by atoms with Gasteiger partial charge in [-0.15, -0.1) is 0 Å². The average molecular weight is 264 g/mol. The van der Waals surface area contributed by atoms with Crippen molar-refractivity contribution in [2.24, 2.45) is 5.92 Å². The number of nitrogens with zero attached hydrogens (tertiary/aromatic N) is 1. The topological polar surface area (TPSA) is 32.3 Å². The van der Waals surface area contributed by atoms with E-state index in [-0.39, 0.29) is 17.9 Å². The zero-order valence-electron chi connectivity index (χ0n) is 10.3. The molecule has 0 spiro atoms. The summed E-state index contributed by atoms with van der Waals surface area (Å²) in [7, 11) is 0. The van der Waals surface area contributed by atoms with E-state index in [1.165, 1.54) is 0 Å². The number of piperidine rings is 1. The van der Waals surface area contributed by atoms with Crippen molar-refractivity contribution in [3.63, 3.8) is 0 Å². The molecule has 6 heteroatoms. The fourth-order valence-electron chi connectivity index (χ4n) is 2.59. The van der Waals surface area contributed by atoms with E-state index in [4.69, 9.17) is 0 Å². The molecule has 0 aromatic rings. The zero-order valence-corrected chi connectivity index (χ0v) is 10.3. The lowest BCUT2D eigenvalue weighted by molar-refractivity contribution is -0.171. The second kappa shape index (κ2) is 5.47. The van der Waals surface area contributed by atoms with E-state index in [9.17, 15) is 18.0 Å². The molecule has 0 aromatic heterocycles. The first-order valence-corrected chi connectivity index (χ1v) is 6.55. The van der Waals surface area contributed by atoms with E-state index in [1.807, 2.05) is 0 Å². The van der Waals surface area contributed by atoms with Gasteiger partial charge >= 0.3 is 6.18 Å². The molecular formula is C12H19F3N2O. The molecule has 2 aliphatic rings. The SMILES string of the molecule is O=C(C1CCC1)N(CC(F)(F)F)C1CCNCC1. The quantitative estimate of drug-likeness (QED) is 0.844. The predicted octanol–water partition coefficient (Wildman–Crippen LogP) is 1.93. The monoisotopic (exact) mass is 264 g/mol.